The molecule has 0 aliphatic rings. The van der Waals surface area contributed by atoms with Crippen LogP contribution in [0.2, 0.25) is 0 Å². The van der Waals surface area contributed by atoms with Crippen LogP contribution in [0.25, 0.3) is 0 Å². The van der Waals surface area contributed by atoms with Crippen molar-refractivity contribution >= 4 is 0 Å². The Kier molecular flexibility index (Phi) is 22.0. The zero-order valence-electron chi connectivity index (χ0n) is 17.8. The average Bonchev–Trinajstić information content (AvgIpc) is 2.63. The summed E-state index contributed by atoms with van der Waals surface area (Å²) in [5.74, 6) is 0.467. The second-order valence-electron chi connectivity index (χ2n) is 8.27. The van der Waals surface area contributed by atoms with Gasteiger partial charge >= 0.3 is 0 Å². The summed E-state index contributed by atoms with van der Waals surface area (Å²) in [5.41, 5.74) is 0. The van der Waals surface area contributed by atoms with Crippen molar-refractivity contribution in [3.63, 3.8) is 0 Å². The first-order chi connectivity index (χ1) is 12.3. The van der Waals surface area contributed by atoms with Crippen LogP contribution >= 0.6 is 0 Å². The highest BCUT2D eigenvalue weighted by Crippen LogP contribution is 2.19. The SMILES string of the molecule is CCCCCCCCCCCCC(C[O])CCCCCCCCCC. The maximum absolute atomic E-state index is 11.4. The van der Waals surface area contributed by atoms with E-state index < -0.39 is 0 Å². The Morgan fingerprint density at radius 3 is 1.00 bits per heavy atom. The predicted octanol–water partition coefficient (Wildman–Crippen LogP) is 8.87. The van der Waals surface area contributed by atoms with E-state index in [4.69, 9.17) is 0 Å². The van der Waals surface area contributed by atoms with Gasteiger partial charge in [-0.2, -0.15) is 0 Å². The van der Waals surface area contributed by atoms with E-state index in [0.717, 1.165) is 0 Å². The van der Waals surface area contributed by atoms with E-state index in [1.165, 1.54) is 128 Å². The quantitative estimate of drug-likeness (QED) is 0.184. The summed E-state index contributed by atoms with van der Waals surface area (Å²) >= 11 is 0. The minimum atomic E-state index is 0.161. The maximum Gasteiger partial charge on any atom is 0.0850 e. The molecule has 1 unspecified atom stereocenters. The fourth-order valence-corrected chi connectivity index (χ4v) is 3.80. The second kappa shape index (κ2) is 22.0. The summed E-state index contributed by atoms with van der Waals surface area (Å²) in [4.78, 5) is 0. The van der Waals surface area contributed by atoms with Crippen molar-refractivity contribution in [1.29, 1.82) is 0 Å². The van der Waals surface area contributed by atoms with Gasteiger partial charge in [0, 0.05) is 0 Å². The zero-order chi connectivity index (χ0) is 18.4. The van der Waals surface area contributed by atoms with E-state index in [0.29, 0.717) is 5.92 Å². The third-order valence-electron chi connectivity index (χ3n) is 5.67. The Hall–Kier alpha value is -0.0400. The van der Waals surface area contributed by atoms with Crippen molar-refractivity contribution in [1.82, 2.24) is 0 Å². The fourth-order valence-electron chi connectivity index (χ4n) is 3.80. The molecule has 0 aromatic carbocycles. The molecule has 0 N–H and O–H groups in total. The molecule has 0 amide bonds. The fraction of sp³-hybridized carbons (Fsp3) is 1.00. The van der Waals surface area contributed by atoms with Crippen LogP contribution in [0.15, 0.2) is 0 Å². The lowest BCUT2D eigenvalue weighted by atomic mass is 9.94. The van der Waals surface area contributed by atoms with E-state index in [1.807, 2.05) is 0 Å². The van der Waals surface area contributed by atoms with Crippen molar-refractivity contribution in [3.8, 4) is 0 Å². The lowest BCUT2D eigenvalue weighted by molar-refractivity contribution is 0.130. The molecular weight excluding hydrogens is 304 g/mol. The van der Waals surface area contributed by atoms with Gasteiger partial charge in [0.15, 0.2) is 0 Å². The maximum atomic E-state index is 11.4. The Balaban J connectivity index is 3.28. The van der Waals surface area contributed by atoms with Gasteiger partial charge in [-0.1, -0.05) is 129 Å². The van der Waals surface area contributed by atoms with Gasteiger partial charge in [0.2, 0.25) is 0 Å². The summed E-state index contributed by atoms with van der Waals surface area (Å²) in [6.45, 7) is 4.72. The van der Waals surface area contributed by atoms with Crippen molar-refractivity contribution < 1.29 is 5.11 Å². The van der Waals surface area contributed by atoms with Gasteiger partial charge < -0.3 is 0 Å². The third kappa shape index (κ3) is 20.1. The molecule has 0 aliphatic carbocycles. The largest absolute Gasteiger partial charge is 0.236 e. The molecule has 0 bridgehead atoms. The minimum Gasteiger partial charge on any atom is -0.236 e. The van der Waals surface area contributed by atoms with Crippen LogP contribution in [0.3, 0.4) is 0 Å². The van der Waals surface area contributed by atoms with Gasteiger partial charge in [-0.05, 0) is 18.8 Å². The molecule has 0 aromatic heterocycles. The molecule has 0 saturated carbocycles. The van der Waals surface area contributed by atoms with Crippen molar-refractivity contribution in [3.05, 3.63) is 0 Å². The summed E-state index contributed by atoms with van der Waals surface area (Å²) in [5, 5.41) is 11.4. The van der Waals surface area contributed by atoms with Gasteiger partial charge in [-0.3, -0.25) is 0 Å². The van der Waals surface area contributed by atoms with Crippen LogP contribution in [0.1, 0.15) is 142 Å². The van der Waals surface area contributed by atoms with Gasteiger partial charge in [0.05, 0.1) is 6.61 Å². The van der Waals surface area contributed by atoms with E-state index in [9.17, 15) is 5.11 Å². The van der Waals surface area contributed by atoms with Crippen LogP contribution in [0.5, 0.6) is 0 Å². The van der Waals surface area contributed by atoms with Crippen LogP contribution in [0.4, 0.5) is 0 Å². The zero-order valence-corrected chi connectivity index (χ0v) is 17.8. The molecule has 1 nitrogen and oxygen atoms in total. The van der Waals surface area contributed by atoms with E-state index in [-0.39, 0.29) is 6.61 Å². The Bertz CT molecular complexity index is 226. The van der Waals surface area contributed by atoms with Crippen LogP contribution in [-0.4, -0.2) is 6.61 Å². The lowest BCUT2D eigenvalue weighted by Crippen LogP contribution is -2.05. The highest BCUT2D eigenvalue weighted by molar-refractivity contribution is 4.59. The average molecular weight is 354 g/mol. The van der Waals surface area contributed by atoms with Crippen LogP contribution < -0.4 is 0 Å². The molecule has 0 saturated heterocycles. The Morgan fingerprint density at radius 1 is 0.440 bits per heavy atom. The molecule has 0 heterocycles. The molecule has 0 rings (SSSR count). The normalized spacial score (nSPS) is 12.6. The highest BCUT2D eigenvalue weighted by atomic mass is 16.3. The molecule has 0 fully saturated rings. The van der Waals surface area contributed by atoms with Gasteiger partial charge in [0.1, 0.15) is 0 Å². The third-order valence-corrected chi connectivity index (χ3v) is 5.67. The number of unbranched alkanes of at least 4 members (excludes halogenated alkanes) is 16. The molecule has 25 heavy (non-hydrogen) atoms. The second-order valence-corrected chi connectivity index (χ2v) is 8.27. The molecule has 1 radical (unpaired) electrons. The molecule has 0 spiro atoms. The summed E-state index contributed by atoms with van der Waals surface area (Å²) in [6, 6.07) is 0. The summed E-state index contributed by atoms with van der Waals surface area (Å²) in [7, 11) is 0. The Morgan fingerprint density at radius 2 is 0.720 bits per heavy atom. The van der Waals surface area contributed by atoms with E-state index >= 15 is 0 Å². The molecule has 0 aromatic rings. The summed E-state index contributed by atoms with van der Waals surface area (Å²) < 4.78 is 0. The summed E-state index contributed by atoms with van der Waals surface area (Å²) in [6.07, 6.45) is 27.3. The first-order valence-corrected chi connectivity index (χ1v) is 11.9. The van der Waals surface area contributed by atoms with Gasteiger partial charge in [-0.15, -0.1) is 0 Å². The predicted molar refractivity (Wildman–Crippen MR) is 113 cm³/mol. The molecule has 1 heteroatoms. The van der Waals surface area contributed by atoms with Crippen molar-refractivity contribution in [2.45, 2.75) is 142 Å². The van der Waals surface area contributed by atoms with Crippen LogP contribution in [0, 0.1) is 5.92 Å². The van der Waals surface area contributed by atoms with Crippen molar-refractivity contribution in [2.75, 3.05) is 6.61 Å². The monoisotopic (exact) mass is 353 g/mol. The number of hydrogen-bond donors (Lipinski definition) is 0. The number of hydrogen-bond acceptors (Lipinski definition) is 0. The molecule has 0 aliphatic heterocycles. The van der Waals surface area contributed by atoms with E-state index in [1.54, 1.807) is 0 Å². The molecular formula is C24H49O. The van der Waals surface area contributed by atoms with Crippen LogP contribution in [-0.2, 0) is 5.11 Å². The minimum absolute atomic E-state index is 0.161. The van der Waals surface area contributed by atoms with Gasteiger partial charge in [0.25, 0.3) is 0 Å². The van der Waals surface area contributed by atoms with E-state index in [2.05, 4.69) is 13.8 Å². The first-order valence-electron chi connectivity index (χ1n) is 11.9. The first kappa shape index (κ1) is 25.0. The topological polar surface area (TPSA) is 19.9 Å². The smallest absolute Gasteiger partial charge is 0.0850 e. The number of rotatable bonds is 21. The highest BCUT2D eigenvalue weighted by Gasteiger charge is 2.07. The molecule has 151 valence electrons. The lowest BCUT2D eigenvalue weighted by Gasteiger charge is -2.13. The van der Waals surface area contributed by atoms with Crippen molar-refractivity contribution in [2.24, 2.45) is 5.92 Å². The van der Waals surface area contributed by atoms with Gasteiger partial charge in [-0.25, -0.2) is 5.11 Å². The standard InChI is InChI=1S/C24H49O/c1-3-5-7-9-11-13-14-16-18-20-22-24(23-25)21-19-17-15-12-10-8-6-4-2/h24H,3-23H2,1-2H3. The molecule has 1 atom stereocenters. The Labute approximate surface area is 160 Å².